The van der Waals surface area contributed by atoms with E-state index in [4.69, 9.17) is 4.18 Å². The average Bonchev–Trinajstić information content (AvgIpc) is 2.44. The molecule has 0 aromatic heterocycles. The topological polar surface area (TPSA) is 43.4 Å². The molecule has 2 aromatic rings. The van der Waals surface area contributed by atoms with Crippen LogP contribution in [0.1, 0.15) is 16.7 Å². The lowest BCUT2D eigenvalue weighted by molar-refractivity contribution is -0.127. The summed E-state index contributed by atoms with van der Waals surface area (Å²) in [5, 5.41) is 0. The molecule has 124 valence electrons. The van der Waals surface area contributed by atoms with Gasteiger partial charge in [-0.05, 0) is 30.2 Å². The molecule has 7 heteroatoms. The Labute approximate surface area is 132 Å². The Kier molecular flexibility index (Phi) is 5.11. The molecule has 0 heterocycles. The third-order valence-corrected chi connectivity index (χ3v) is 4.36. The molecule has 2 rings (SSSR count). The number of alkyl halides is 3. The quantitative estimate of drug-likeness (QED) is 0.770. The van der Waals surface area contributed by atoms with Crippen LogP contribution in [0.15, 0.2) is 53.4 Å². The average molecular weight is 344 g/mol. The molecule has 2 aromatic carbocycles. The number of hydrogen-bond acceptors (Lipinski definition) is 3. The Morgan fingerprint density at radius 1 is 1.00 bits per heavy atom. The molecule has 0 fully saturated rings. The van der Waals surface area contributed by atoms with Crippen LogP contribution in [0, 0.1) is 6.92 Å². The van der Waals surface area contributed by atoms with Crippen LogP contribution in [-0.4, -0.2) is 14.6 Å². The van der Waals surface area contributed by atoms with Crippen LogP contribution in [-0.2, 0) is 27.3 Å². The lowest BCUT2D eigenvalue weighted by atomic mass is 10.1. The maximum absolute atomic E-state index is 12.4. The van der Waals surface area contributed by atoms with E-state index in [9.17, 15) is 21.6 Å². The summed E-state index contributed by atoms with van der Waals surface area (Å²) in [6.07, 6.45) is -5.38. The van der Waals surface area contributed by atoms with Crippen molar-refractivity contribution in [1.82, 2.24) is 0 Å². The van der Waals surface area contributed by atoms with E-state index in [0.717, 1.165) is 5.56 Å². The summed E-state index contributed by atoms with van der Waals surface area (Å²) in [5.41, 5.74) is 1.33. The molecular weight excluding hydrogens is 329 g/mol. The Morgan fingerprint density at radius 2 is 1.61 bits per heavy atom. The highest BCUT2D eigenvalue weighted by Crippen LogP contribution is 2.22. The molecule has 0 spiro atoms. The van der Waals surface area contributed by atoms with E-state index in [1.54, 1.807) is 12.1 Å². The molecule has 0 atom stereocenters. The predicted molar refractivity (Wildman–Crippen MR) is 79.4 cm³/mol. The van der Waals surface area contributed by atoms with Gasteiger partial charge in [0, 0.05) is 0 Å². The second-order valence-electron chi connectivity index (χ2n) is 5.14. The molecule has 0 saturated heterocycles. The van der Waals surface area contributed by atoms with Gasteiger partial charge in [-0.15, -0.1) is 0 Å². The molecule has 3 nitrogen and oxygen atoms in total. The minimum absolute atomic E-state index is 0.00884. The van der Waals surface area contributed by atoms with Crippen LogP contribution < -0.4 is 0 Å². The van der Waals surface area contributed by atoms with Crippen LogP contribution in [0.25, 0.3) is 0 Å². The van der Waals surface area contributed by atoms with Crippen molar-refractivity contribution in [1.29, 1.82) is 0 Å². The van der Waals surface area contributed by atoms with Crippen LogP contribution in [0.3, 0.4) is 0 Å². The summed E-state index contributed by atoms with van der Waals surface area (Å²) >= 11 is 0. The Bertz CT molecular complexity index is 766. The normalized spacial score (nSPS) is 12.3. The van der Waals surface area contributed by atoms with Gasteiger partial charge in [-0.25, -0.2) is 0 Å². The maximum Gasteiger partial charge on any atom is 0.393 e. The van der Waals surface area contributed by atoms with Gasteiger partial charge in [0.1, 0.15) is 0 Å². The van der Waals surface area contributed by atoms with Crippen molar-refractivity contribution in [3.05, 3.63) is 65.2 Å². The largest absolute Gasteiger partial charge is 0.393 e. The molecule has 0 unspecified atom stereocenters. The Morgan fingerprint density at radius 3 is 2.22 bits per heavy atom. The molecule has 0 aliphatic carbocycles. The third kappa shape index (κ3) is 5.37. The van der Waals surface area contributed by atoms with Gasteiger partial charge in [-0.3, -0.25) is 4.18 Å². The SMILES string of the molecule is Cc1ccc(S(=O)(=O)OCc2cccc(CC(F)(F)F)c2)cc1. The van der Waals surface area contributed by atoms with Crippen molar-refractivity contribution in [2.24, 2.45) is 0 Å². The van der Waals surface area contributed by atoms with Crippen LogP contribution >= 0.6 is 0 Å². The van der Waals surface area contributed by atoms with Crippen LogP contribution in [0.4, 0.5) is 13.2 Å². The second-order valence-corrected chi connectivity index (χ2v) is 6.76. The summed E-state index contributed by atoms with van der Waals surface area (Å²) in [5.74, 6) is 0. The first-order valence-corrected chi connectivity index (χ1v) is 8.17. The van der Waals surface area contributed by atoms with Crippen LogP contribution in [0.5, 0.6) is 0 Å². The summed E-state index contributed by atoms with van der Waals surface area (Å²) in [6, 6.07) is 11.7. The lowest BCUT2D eigenvalue weighted by Gasteiger charge is -2.09. The zero-order valence-electron chi connectivity index (χ0n) is 12.3. The zero-order valence-corrected chi connectivity index (χ0v) is 13.1. The molecular formula is C16H15F3O3S. The van der Waals surface area contributed by atoms with Gasteiger partial charge in [0.15, 0.2) is 0 Å². The van der Waals surface area contributed by atoms with Gasteiger partial charge in [-0.1, -0.05) is 42.0 Å². The minimum Gasteiger partial charge on any atom is -0.262 e. The van der Waals surface area contributed by atoms with Gasteiger partial charge < -0.3 is 0 Å². The number of halogens is 3. The summed E-state index contributed by atoms with van der Waals surface area (Å²) in [7, 11) is -3.95. The van der Waals surface area contributed by atoms with E-state index in [1.165, 1.54) is 36.4 Å². The van der Waals surface area contributed by atoms with Crippen molar-refractivity contribution in [2.75, 3.05) is 0 Å². The molecule has 0 radical (unpaired) electrons. The van der Waals surface area contributed by atoms with E-state index >= 15 is 0 Å². The van der Waals surface area contributed by atoms with Gasteiger partial charge >= 0.3 is 6.18 Å². The van der Waals surface area contributed by atoms with E-state index in [2.05, 4.69) is 0 Å². The predicted octanol–water partition coefficient (Wildman–Crippen LogP) is 4.01. The fourth-order valence-corrected chi connectivity index (χ4v) is 2.88. The summed E-state index contributed by atoms with van der Waals surface area (Å²) in [4.78, 5) is 0.00884. The first kappa shape index (κ1) is 17.5. The first-order chi connectivity index (χ1) is 10.7. The standard InChI is InChI=1S/C16H15F3O3S/c1-12-5-7-15(8-6-12)23(20,21)22-11-14-4-2-3-13(9-14)10-16(17,18)19/h2-9H,10-11H2,1H3. The number of rotatable bonds is 5. The van der Waals surface area contributed by atoms with Gasteiger partial charge in [0.05, 0.1) is 17.9 Å². The number of hydrogen-bond donors (Lipinski definition) is 0. The molecule has 0 amide bonds. The maximum atomic E-state index is 12.4. The van der Waals surface area contributed by atoms with Crippen LogP contribution in [0.2, 0.25) is 0 Å². The van der Waals surface area contributed by atoms with Gasteiger partial charge in [-0.2, -0.15) is 21.6 Å². The monoisotopic (exact) mass is 344 g/mol. The molecule has 0 aliphatic rings. The van der Waals surface area contributed by atoms with Gasteiger partial charge in [0.25, 0.3) is 10.1 Å². The molecule has 0 saturated carbocycles. The van der Waals surface area contributed by atoms with Crippen molar-refractivity contribution in [3.63, 3.8) is 0 Å². The highest BCUT2D eigenvalue weighted by molar-refractivity contribution is 7.86. The lowest BCUT2D eigenvalue weighted by Crippen LogP contribution is -2.12. The van der Waals surface area contributed by atoms with Gasteiger partial charge in [0.2, 0.25) is 0 Å². The zero-order chi connectivity index (χ0) is 17.1. The van der Waals surface area contributed by atoms with Crippen molar-refractivity contribution >= 4 is 10.1 Å². The Balaban J connectivity index is 2.08. The third-order valence-electron chi connectivity index (χ3n) is 3.09. The minimum atomic E-state index is -4.31. The smallest absolute Gasteiger partial charge is 0.262 e. The van der Waals surface area contributed by atoms with E-state index in [1.807, 2.05) is 6.92 Å². The van der Waals surface area contributed by atoms with E-state index in [-0.39, 0.29) is 17.1 Å². The van der Waals surface area contributed by atoms with E-state index < -0.39 is 22.7 Å². The number of aryl methyl sites for hydroxylation is 1. The fraction of sp³-hybridized carbons (Fsp3) is 0.250. The molecule has 0 N–H and O–H groups in total. The van der Waals surface area contributed by atoms with E-state index in [0.29, 0.717) is 5.56 Å². The molecule has 23 heavy (non-hydrogen) atoms. The highest BCUT2D eigenvalue weighted by Gasteiger charge is 2.27. The summed E-state index contributed by atoms with van der Waals surface area (Å²) < 4.78 is 66.1. The molecule has 0 bridgehead atoms. The highest BCUT2D eigenvalue weighted by atomic mass is 32.2. The molecule has 0 aliphatic heterocycles. The first-order valence-electron chi connectivity index (χ1n) is 6.76. The fourth-order valence-electron chi connectivity index (χ4n) is 1.98. The second kappa shape index (κ2) is 6.72. The van der Waals surface area contributed by atoms with Crippen molar-refractivity contribution in [3.8, 4) is 0 Å². The van der Waals surface area contributed by atoms with Crippen molar-refractivity contribution < 1.29 is 25.8 Å². The number of benzene rings is 2. The van der Waals surface area contributed by atoms with Crippen molar-refractivity contribution in [2.45, 2.75) is 31.0 Å². The summed E-state index contributed by atoms with van der Waals surface area (Å²) in [6.45, 7) is 1.51. The Hall–Kier alpha value is -1.86.